The Balaban J connectivity index is 1.57. The van der Waals surface area contributed by atoms with E-state index in [0.717, 1.165) is 50.3 Å². The second-order valence-electron chi connectivity index (χ2n) is 6.12. The van der Waals surface area contributed by atoms with E-state index in [1.54, 1.807) is 7.11 Å². The number of benzene rings is 1. The fraction of sp³-hybridized carbons (Fsp3) is 0.588. The number of hydrogen-bond acceptors (Lipinski definition) is 4. The summed E-state index contributed by atoms with van der Waals surface area (Å²) in [6.45, 7) is 5.19. The lowest BCUT2D eigenvalue weighted by Gasteiger charge is -2.40. The molecule has 2 heterocycles. The molecule has 5 nitrogen and oxygen atoms in total. The molecule has 2 fully saturated rings. The van der Waals surface area contributed by atoms with Gasteiger partial charge in [-0.25, -0.2) is 0 Å². The van der Waals surface area contributed by atoms with Gasteiger partial charge in [0.25, 0.3) is 0 Å². The molecule has 0 radical (unpaired) electrons. The fourth-order valence-electron chi connectivity index (χ4n) is 3.37. The Kier molecular flexibility index (Phi) is 4.95. The number of nitrogens with one attached hydrogen (secondary N) is 1. The number of piperazine rings is 1. The largest absolute Gasteiger partial charge is 0.497 e. The minimum absolute atomic E-state index is 0.243. The van der Waals surface area contributed by atoms with E-state index >= 15 is 0 Å². The van der Waals surface area contributed by atoms with Crippen LogP contribution in [-0.4, -0.2) is 61.6 Å². The molecule has 22 heavy (non-hydrogen) atoms. The van der Waals surface area contributed by atoms with E-state index in [1.165, 1.54) is 0 Å². The topological polar surface area (TPSA) is 44.8 Å². The van der Waals surface area contributed by atoms with Crippen molar-refractivity contribution in [1.29, 1.82) is 0 Å². The number of carbonyl (C=O) groups is 1. The highest BCUT2D eigenvalue weighted by atomic mass is 16.5. The lowest BCUT2D eigenvalue weighted by molar-refractivity contribution is -0.138. The van der Waals surface area contributed by atoms with Gasteiger partial charge in [-0.15, -0.1) is 0 Å². The number of piperidine rings is 1. The molecule has 0 bridgehead atoms. The first-order chi connectivity index (χ1) is 10.8. The Morgan fingerprint density at radius 2 is 2.09 bits per heavy atom. The average Bonchev–Trinajstić information content (AvgIpc) is 2.58. The van der Waals surface area contributed by atoms with Gasteiger partial charge >= 0.3 is 0 Å². The third-order valence-corrected chi connectivity index (χ3v) is 4.68. The van der Waals surface area contributed by atoms with Crippen LogP contribution < -0.4 is 10.1 Å². The Bertz CT molecular complexity index is 514. The van der Waals surface area contributed by atoms with Crippen LogP contribution in [0.3, 0.4) is 0 Å². The predicted molar refractivity (Wildman–Crippen MR) is 85.9 cm³/mol. The standard InChI is InChI=1S/C17H25N3O2/c1-22-16-4-2-3-14(11-16)12-20-10-9-19(13-17(20)21)15-5-7-18-8-6-15/h2-4,11,15,18H,5-10,12-13H2,1H3. The van der Waals surface area contributed by atoms with Gasteiger partial charge < -0.3 is 15.0 Å². The molecule has 1 amide bonds. The molecule has 2 aliphatic rings. The number of rotatable bonds is 4. The monoisotopic (exact) mass is 303 g/mol. The van der Waals surface area contributed by atoms with Crippen LogP contribution in [0.1, 0.15) is 18.4 Å². The van der Waals surface area contributed by atoms with Crippen molar-refractivity contribution in [2.45, 2.75) is 25.4 Å². The molecule has 0 aliphatic carbocycles. The van der Waals surface area contributed by atoms with Crippen molar-refractivity contribution in [1.82, 2.24) is 15.1 Å². The summed E-state index contributed by atoms with van der Waals surface area (Å²) in [5.41, 5.74) is 1.13. The van der Waals surface area contributed by atoms with E-state index in [-0.39, 0.29) is 5.91 Å². The SMILES string of the molecule is COc1cccc(CN2CCN(C3CCNCC3)CC2=O)c1. The van der Waals surface area contributed by atoms with Crippen LogP contribution in [0.5, 0.6) is 5.75 Å². The fourth-order valence-corrected chi connectivity index (χ4v) is 3.37. The second kappa shape index (κ2) is 7.11. The molecular formula is C17H25N3O2. The van der Waals surface area contributed by atoms with Gasteiger partial charge in [0.1, 0.15) is 5.75 Å². The first-order valence-corrected chi connectivity index (χ1v) is 8.12. The van der Waals surface area contributed by atoms with Crippen molar-refractivity contribution in [3.8, 4) is 5.75 Å². The van der Waals surface area contributed by atoms with Crippen LogP contribution in [0.4, 0.5) is 0 Å². The quantitative estimate of drug-likeness (QED) is 0.904. The maximum absolute atomic E-state index is 12.4. The summed E-state index contributed by atoms with van der Waals surface area (Å²) in [5, 5.41) is 3.38. The summed E-state index contributed by atoms with van der Waals surface area (Å²) in [6.07, 6.45) is 2.31. The van der Waals surface area contributed by atoms with Crippen molar-refractivity contribution < 1.29 is 9.53 Å². The predicted octanol–water partition coefficient (Wildman–Crippen LogP) is 1.09. The van der Waals surface area contributed by atoms with Crippen LogP contribution in [0, 0.1) is 0 Å². The number of ether oxygens (including phenoxy) is 1. The first kappa shape index (κ1) is 15.3. The molecule has 0 saturated carbocycles. The summed E-state index contributed by atoms with van der Waals surface area (Å²) >= 11 is 0. The zero-order valence-electron chi connectivity index (χ0n) is 13.3. The molecule has 2 saturated heterocycles. The highest BCUT2D eigenvalue weighted by Gasteiger charge is 2.29. The summed E-state index contributed by atoms with van der Waals surface area (Å²) in [7, 11) is 1.67. The molecule has 0 aromatic heterocycles. The van der Waals surface area contributed by atoms with Crippen LogP contribution in [0.25, 0.3) is 0 Å². The van der Waals surface area contributed by atoms with Crippen molar-refractivity contribution in [2.75, 3.05) is 39.8 Å². The van der Waals surface area contributed by atoms with Crippen molar-refractivity contribution in [2.24, 2.45) is 0 Å². The third-order valence-electron chi connectivity index (χ3n) is 4.68. The molecule has 1 N–H and O–H groups in total. The Morgan fingerprint density at radius 1 is 1.27 bits per heavy atom. The van der Waals surface area contributed by atoms with Crippen LogP contribution >= 0.6 is 0 Å². The maximum Gasteiger partial charge on any atom is 0.237 e. The van der Waals surface area contributed by atoms with Gasteiger partial charge in [0, 0.05) is 25.7 Å². The lowest BCUT2D eigenvalue weighted by Crippen LogP contribution is -2.55. The van der Waals surface area contributed by atoms with Gasteiger partial charge in [0.05, 0.1) is 13.7 Å². The highest BCUT2D eigenvalue weighted by molar-refractivity contribution is 5.79. The number of nitrogens with zero attached hydrogens (tertiary/aromatic N) is 2. The van der Waals surface area contributed by atoms with Crippen LogP contribution in [-0.2, 0) is 11.3 Å². The normalized spacial score (nSPS) is 21.1. The number of hydrogen-bond donors (Lipinski definition) is 1. The molecule has 2 aliphatic heterocycles. The van der Waals surface area contributed by atoms with Crippen molar-refractivity contribution in [3.63, 3.8) is 0 Å². The molecule has 1 aromatic carbocycles. The Morgan fingerprint density at radius 3 is 2.82 bits per heavy atom. The summed E-state index contributed by atoms with van der Waals surface area (Å²) < 4.78 is 5.25. The first-order valence-electron chi connectivity index (χ1n) is 8.12. The average molecular weight is 303 g/mol. The number of carbonyl (C=O) groups excluding carboxylic acids is 1. The summed E-state index contributed by atoms with van der Waals surface area (Å²) in [5.74, 6) is 1.09. The van der Waals surface area contributed by atoms with Gasteiger partial charge in [-0.1, -0.05) is 12.1 Å². The molecule has 3 rings (SSSR count). The van der Waals surface area contributed by atoms with E-state index < -0.39 is 0 Å². The third kappa shape index (κ3) is 3.59. The minimum atomic E-state index is 0.243. The van der Waals surface area contributed by atoms with Gasteiger partial charge in [-0.2, -0.15) is 0 Å². The molecular weight excluding hydrogens is 278 g/mol. The van der Waals surface area contributed by atoms with E-state index in [0.29, 0.717) is 19.1 Å². The molecule has 0 atom stereocenters. The molecule has 0 spiro atoms. The zero-order valence-corrected chi connectivity index (χ0v) is 13.3. The van der Waals surface area contributed by atoms with E-state index in [9.17, 15) is 4.79 Å². The van der Waals surface area contributed by atoms with Crippen LogP contribution in [0.2, 0.25) is 0 Å². The van der Waals surface area contributed by atoms with Gasteiger partial charge in [0.15, 0.2) is 0 Å². The number of methoxy groups -OCH3 is 1. The molecule has 120 valence electrons. The van der Waals surface area contributed by atoms with Gasteiger partial charge in [0.2, 0.25) is 5.91 Å². The van der Waals surface area contributed by atoms with E-state index in [4.69, 9.17) is 4.74 Å². The smallest absolute Gasteiger partial charge is 0.237 e. The highest BCUT2D eigenvalue weighted by Crippen LogP contribution is 2.18. The Hall–Kier alpha value is -1.59. The van der Waals surface area contributed by atoms with Gasteiger partial charge in [-0.3, -0.25) is 9.69 Å². The van der Waals surface area contributed by atoms with Crippen molar-refractivity contribution in [3.05, 3.63) is 29.8 Å². The second-order valence-corrected chi connectivity index (χ2v) is 6.12. The minimum Gasteiger partial charge on any atom is -0.497 e. The summed E-state index contributed by atoms with van der Waals surface area (Å²) in [6, 6.07) is 8.54. The van der Waals surface area contributed by atoms with E-state index in [1.807, 2.05) is 23.1 Å². The molecule has 1 aromatic rings. The lowest BCUT2D eigenvalue weighted by atomic mass is 10.0. The summed E-state index contributed by atoms with van der Waals surface area (Å²) in [4.78, 5) is 16.8. The molecule has 5 heteroatoms. The maximum atomic E-state index is 12.4. The molecule has 0 unspecified atom stereocenters. The van der Waals surface area contributed by atoms with E-state index in [2.05, 4.69) is 16.3 Å². The van der Waals surface area contributed by atoms with Gasteiger partial charge in [-0.05, 0) is 43.6 Å². The van der Waals surface area contributed by atoms with Crippen LogP contribution in [0.15, 0.2) is 24.3 Å². The zero-order chi connectivity index (χ0) is 15.4. The Labute approximate surface area is 132 Å². The van der Waals surface area contributed by atoms with Crippen molar-refractivity contribution >= 4 is 5.91 Å². The number of amides is 1.